The maximum Gasteiger partial charge on any atom is 0.0714 e. The molecule has 1 nitrogen and oxygen atoms in total. The van der Waals surface area contributed by atoms with Gasteiger partial charge >= 0.3 is 0 Å². The Bertz CT molecular complexity index is 3790. The first-order valence-corrected chi connectivity index (χ1v) is 23.6. The average molecular weight is 864 g/mol. The van der Waals surface area contributed by atoms with Gasteiger partial charge in [0.2, 0.25) is 0 Å². The second-order valence-corrected chi connectivity index (χ2v) is 18.0. The van der Waals surface area contributed by atoms with E-state index in [9.17, 15) is 0 Å². The molecule has 0 radical (unpaired) electrons. The number of anilines is 3. The van der Waals surface area contributed by atoms with Gasteiger partial charge in [-0.1, -0.05) is 243 Å². The fourth-order valence-corrected chi connectivity index (χ4v) is 11.3. The molecule has 0 aromatic heterocycles. The lowest BCUT2D eigenvalue weighted by molar-refractivity contribution is 0.768. The van der Waals surface area contributed by atoms with Crippen molar-refractivity contribution in [2.75, 3.05) is 4.90 Å². The Balaban J connectivity index is 1.08. The molecule has 0 spiro atoms. The number of hydrogen-bond acceptors (Lipinski definition) is 1. The van der Waals surface area contributed by atoms with Crippen LogP contribution in [0, 0.1) is 0 Å². The van der Waals surface area contributed by atoms with Gasteiger partial charge in [0.05, 0.1) is 16.8 Å². The first-order valence-electron chi connectivity index (χ1n) is 23.6. The second kappa shape index (κ2) is 16.3. The van der Waals surface area contributed by atoms with Crippen molar-refractivity contribution in [1.29, 1.82) is 0 Å². The Morgan fingerprint density at radius 1 is 0.265 bits per heavy atom. The monoisotopic (exact) mass is 863 g/mol. The second-order valence-electron chi connectivity index (χ2n) is 18.0. The van der Waals surface area contributed by atoms with Crippen molar-refractivity contribution in [2.45, 2.75) is 5.41 Å². The number of hydrogen-bond donors (Lipinski definition) is 0. The van der Waals surface area contributed by atoms with Crippen molar-refractivity contribution in [3.63, 3.8) is 0 Å². The maximum absolute atomic E-state index is 2.54. The summed E-state index contributed by atoms with van der Waals surface area (Å²) in [7, 11) is 0. The average Bonchev–Trinajstić information content (AvgIpc) is 3.73. The van der Waals surface area contributed by atoms with Gasteiger partial charge in [-0.25, -0.2) is 0 Å². The van der Waals surface area contributed by atoms with E-state index in [1.165, 1.54) is 82.4 Å². The zero-order valence-electron chi connectivity index (χ0n) is 37.4. The third-order valence-corrected chi connectivity index (χ3v) is 14.3. The fourth-order valence-electron chi connectivity index (χ4n) is 11.3. The number of rotatable bonds is 8. The highest BCUT2D eigenvalue weighted by molar-refractivity contribution is 6.09. The first kappa shape index (κ1) is 39.6. The summed E-state index contributed by atoms with van der Waals surface area (Å²) >= 11 is 0. The minimum Gasteiger partial charge on any atom is -0.309 e. The largest absolute Gasteiger partial charge is 0.309 e. The third-order valence-electron chi connectivity index (χ3n) is 14.3. The smallest absolute Gasteiger partial charge is 0.0714 e. The minimum atomic E-state index is -0.547. The molecule has 0 saturated carbocycles. The molecule has 0 unspecified atom stereocenters. The van der Waals surface area contributed by atoms with E-state index in [0.717, 1.165) is 33.8 Å². The van der Waals surface area contributed by atoms with E-state index in [1.54, 1.807) is 0 Å². The van der Waals surface area contributed by atoms with Gasteiger partial charge in [0.25, 0.3) is 0 Å². The molecule has 0 heterocycles. The van der Waals surface area contributed by atoms with E-state index in [2.05, 4.69) is 278 Å². The molecule has 0 amide bonds. The van der Waals surface area contributed by atoms with Crippen molar-refractivity contribution in [3.05, 3.63) is 295 Å². The summed E-state index contributed by atoms with van der Waals surface area (Å²) in [4.78, 5) is 2.54. The minimum absolute atomic E-state index is 0.547. The molecule has 0 atom stereocenters. The Morgan fingerprint density at radius 2 is 0.809 bits per heavy atom. The van der Waals surface area contributed by atoms with Crippen LogP contribution in [0.2, 0.25) is 0 Å². The van der Waals surface area contributed by atoms with Gasteiger partial charge in [-0.05, 0) is 118 Å². The standard InChI is InChI=1S/C67H45N/c1-4-18-48(19-5-1)60-43-39-52(58-30-16-22-47-20-10-12-27-56(47)58)45-65(60)68(55-40-36-46(37-41-55)50-38-42-59-51(44-50)35-34-49-21-11-13-28-57(49)59)64-33-17-32-63-66(64)61-29-14-15-31-62(61)67(63,53-23-6-2-7-24-53)54-25-8-3-9-26-54/h1-45H. The molecule has 0 N–H and O–H groups in total. The van der Waals surface area contributed by atoms with Crippen LogP contribution in [0.4, 0.5) is 17.1 Å². The number of fused-ring (bicyclic) bond motifs is 7. The third kappa shape index (κ3) is 6.32. The quantitative estimate of drug-likeness (QED) is 0.138. The highest BCUT2D eigenvalue weighted by Gasteiger charge is 2.47. The molecule has 318 valence electrons. The lowest BCUT2D eigenvalue weighted by Gasteiger charge is -2.34. The van der Waals surface area contributed by atoms with Crippen molar-refractivity contribution in [1.82, 2.24) is 0 Å². The summed E-state index contributed by atoms with van der Waals surface area (Å²) in [5.41, 5.74) is 17.3. The molecular weight excluding hydrogens is 819 g/mol. The predicted octanol–water partition coefficient (Wildman–Crippen LogP) is 18.0. The van der Waals surface area contributed by atoms with Crippen LogP contribution in [-0.2, 0) is 5.41 Å². The van der Waals surface area contributed by atoms with E-state index < -0.39 is 5.41 Å². The van der Waals surface area contributed by atoms with E-state index in [0.29, 0.717) is 0 Å². The highest BCUT2D eigenvalue weighted by Crippen LogP contribution is 2.60. The van der Waals surface area contributed by atoms with Gasteiger partial charge in [-0.3, -0.25) is 0 Å². The summed E-state index contributed by atoms with van der Waals surface area (Å²) < 4.78 is 0. The normalized spacial score (nSPS) is 12.5. The summed E-state index contributed by atoms with van der Waals surface area (Å²) in [5, 5.41) is 7.51. The summed E-state index contributed by atoms with van der Waals surface area (Å²) in [6, 6.07) is 101. The molecule has 12 aromatic carbocycles. The molecule has 12 aromatic rings. The van der Waals surface area contributed by atoms with Crippen LogP contribution < -0.4 is 4.90 Å². The van der Waals surface area contributed by atoms with E-state index >= 15 is 0 Å². The molecular formula is C67H45N. The Hall–Kier alpha value is -8.78. The van der Waals surface area contributed by atoms with Gasteiger partial charge in [-0.15, -0.1) is 0 Å². The van der Waals surface area contributed by atoms with E-state index in [-0.39, 0.29) is 0 Å². The van der Waals surface area contributed by atoms with E-state index in [1.807, 2.05) is 0 Å². The molecule has 0 aliphatic heterocycles. The Kier molecular flexibility index (Phi) is 9.47. The van der Waals surface area contributed by atoms with Crippen LogP contribution in [0.25, 0.3) is 76.8 Å². The number of benzene rings is 12. The molecule has 1 heteroatoms. The van der Waals surface area contributed by atoms with Gasteiger partial charge in [-0.2, -0.15) is 0 Å². The van der Waals surface area contributed by atoms with Crippen LogP contribution in [0.1, 0.15) is 22.3 Å². The van der Waals surface area contributed by atoms with Crippen LogP contribution in [0.15, 0.2) is 273 Å². The van der Waals surface area contributed by atoms with Gasteiger partial charge in [0.1, 0.15) is 0 Å². The Labute approximate surface area is 397 Å². The SMILES string of the molecule is c1ccc(-c2ccc(-c3cccc4ccccc34)cc2N(c2ccc(-c3ccc4c(ccc5ccccc54)c3)cc2)c2cccc3c2-c2ccccc2C3(c2ccccc2)c2ccccc2)cc1. The van der Waals surface area contributed by atoms with Crippen molar-refractivity contribution >= 4 is 49.4 Å². The highest BCUT2D eigenvalue weighted by atomic mass is 15.1. The molecule has 1 aliphatic carbocycles. The zero-order chi connectivity index (χ0) is 45.0. The van der Waals surface area contributed by atoms with Crippen molar-refractivity contribution in [2.24, 2.45) is 0 Å². The summed E-state index contributed by atoms with van der Waals surface area (Å²) in [6.07, 6.45) is 0. The lowest BCUT2D eigenvalue weighted by atomic mass is 9.68. The topological polar surface area (TPSA) is 3.24 Å². The van der Waals surface area contributed by atoms with Crippen LogP contribution in [0.5, 0.6) is 0 Å². The van der Waals surface area contributed by atoms with Crippen LogP contribution in [0.3, 0.4) is 0 Å². The summed E-state index contributed by atoms with van der Waals surface area (Å²) in [5.74, 6) is 0. The number of nitrogens with zero attached hydrogens (tertiary/aromatic N) is 1. The Morgan fingerprint density at radius 3 is 1.57 bits per heavy atom. The van der Waals surface area contributed by atoms with Crippen LogP contribution >= 0.6 is 0 Å². The first-order chi connectivity index (χ1) is 33.7. The predicted molar refractivity (Wildman–Crippen MR) is 287 cm³/mol. The summed E-state index contributed by atoms with van der Waals surface area (Å²) in [6.45, 7) is 0. The van der Waals surface area contributed by atoms with E-state index in [4.69, 9.17) is 0 Å². The molecule has 0 fully saturated rings. The van der Waals surface area contributed by atoms with Crippen LogP contribution in [-0.4, -0.2) is 0 Å². The van der Waals surface area contributed by atoms with Gasteiger partial charge in [0, 0.05) is 16.8 Å². The molecule has 1 aliphatic rings. The molecule has 13 rings (SSSR count). The molecule has 68 heavy (non-hydrogen) atoms. The maximum atomic E-state index is 2.54. The van der Waals surface area contributed by atoms with Crippen molar-refractivity contribution in [3.8, 4) is 44.5 Å². The fraction of sp³-hybridized carbons (Fsp3) is 0.0149. The molecule has 0 bridgehead atoms. The zero-order valence-corrected chi connectivity index (χ0v) is 37.4. The van der Waals surface area contributed by atoms with Crippen molar-refractivity contribution < 1.29 is 0 Å². The lowest BCUT2D eigenvalue weighted by Crippen LogP contribution is -2.28. The molecule has 0 saturated heterocycles. The van der Waals surface area contributed by atoms with Gasteiger partial charge in [0.15, 0.2) is 0 Å². The van der Waals surface area contributed by atoms with Gasteiger partial charge < -0.3 is 4.90 Å².